The Bertz CT molecular complexity index is 882. The van der Waals surface area contributed by atoms with Gasteiger partial charge in [-0.1, -0.05) is 13.0 Å². The summed E-state index contributed by atoms with van der Waals surface area (Å²) < 4.78 is 0. The third-order valence-corrected chi connectivity index (χ3v) is 5.76. The lowest BCUT2D eigenvalue weighted by molar-refractivity contribution is -0.115. The van der Waals surface area contributed by atoms with E-state index >= 15 is 0 Å². The van der Waals surface area contributed by atoms with Crippen molar-refractivity contribution in [3.63, 3.8) is 0 Å². The molecule has 1 unspecified atom stereocenters. The summed E-state index contributed by atoms with van der Waals surface area (Å²) in [7, 11) is 0. The van der Waals surface area contributed by atoms with Gasteiger partial charge in [0.05, 0.1) is 6.42 Å². The zero-order chi connectivity index (χ0) is 17.2. The molecule has 0 radical (unpaired) electrons. The molecule has 130 valence electrons. The number of carbonyl (C=O) groups excluding carboxylic acids is 1. The molecule has 0 spiro atoms. The van der Waals surface area contributed by atoms with Gasteiger partial charge < -0.3 is 15.6 Å². The first-order valence-corrected chi connectivity index (χ1v) is 9.80. The average molecular weight is 353 g/mol. The van der Waals surface area contributed by atoms with Crippen molar-refractivity contribution in [3.8, 4) is 0 Å². The molecule has 0 saturated carbocycles. The van der Waals surface area contributed by atoms with Crippen LogP contribution in [0, 0.1) is 0 Å². The molecule has 2 heterocycles. The van der Waals surface area contributed by atoms with Crippen LogP contribution in [-0.4, -0.2) is 23.5 Å². The van der Waals surface area contributed by atoms with Gasteiger partial charge in [0, 0.05) is 33.2 Å². The topological polar surface area (TPSA) is 56.9 Å². The maximum atomic E-state index is 12.3. The summed E-state index contributed by atoms with van der Waals surface area (Å²) in [6.45, 7) is 3.17. The Hall–Kier alpha value is -2.11. The molecule has 1 amide bonds. The number of carbonyl (C=O) groups is 1. The van der Waals surface area contributed by atoms with E-state index in [4.69, 9.17) is 0 Å². The van der Waals surface area contributed by atoms with E-state index in [9.17, 15) is 4.79 Å². The van der Waals surface area contributed by atoms with Crippen LogP contribution < -0.4 is 10.6 Å². The summed E-state index contributed by atoms with van der Waals surface area (Å²) in [4.78, 5) is 16.9. The number of hydrogen-bond acceptors (Lipinski definition) is 3. The van der Waals surface area contributed by atoms with Gasteiger partial charge >= 0.3 is 0 Å². The monoisotopic (exact) mass is 353 g/mol. The van der Waals surface area contributed by atoms with Crippen molar-refractivity contribution in [2.75, 3.05) is 11.9 Å². The molecule has 0 bridgehead atoms. The van der Waals surface area contributed by atoms with Crippen molar-refractivity contribution >= 4 is 33.8 Å². The highest BCUT2D eigenvalue weighted by atomic mass is 32.1. The fourth-order valence-corrected chi connectivity index (χ4v) is 4.44. The predicted octanol–water partition coefficient (Wildman–Crippen LogP) is 3.88. The first-order valence-electron chi connectivity index (χ1n) is 8.92. The molecule has 1 aromatic carbocycles. The molecular weight excluding hydrogens is 330 g/mol. The number of anilines is 1. The van der Waals surface area contributed by atoms with E-state index in [0.717, 1.165) is 30.0 Å². The number of rotatable bonds is 5. The number of aryl methyl sites for hydroxylation is 1. The maximum Gasteiger partial charge on any atom is 0.229 e. The quantitative estimate of drug-likeness (QED) is 0.652. The van der Waals surface area contributed by atoms with Gasteiger partial charge in [0.2, 0.25) is 5.91 Å². The Morgan fingerprint density at radius 2 is 2.28 bits per heavy atom. The molecule has 3 aromatic rings. The van der Waals surface area contributed by atoms with Gasteiger partial charge in [0.15, 0.2) is 0 Å². The summed E-state index contributed by atoms with van der Waals surface area (Å²) >= 11 is 1.62. The van der Waals surface area contributed by atoms with Crippen molar-refractivity contribution in [1.82, 2.24) is 10.3 Å². The number of fused-ring (bicyclic) bond motifs is 3. The standard InChI is InChI=1S/C20H23N3OS/c1-2-21-13-5-7-18-16(10-13)17-11-14(6-8-19(17)23-18)22-20(24)12-15-4-3-9-25-15/h3-4,6,8-9,11,13,21,23H,2,5,7,10,12H2,1H3,(H,22,24). The SMILES string of the molecule is CCNC1CCc2[nH]c3ccc(NC(=O)Cc4cccs4)cc3c2C1. The molecule has 2 aromatic heterocycles. The van der Waals surface area contributed by atoms with Gasteiger partial charge in [-0.25, -0.2) is 0 Å². The minimum absolute atomic E-state index is 0.0386. The van der Waals surface area contributed by atoms with Crippen LogP contribution in [0.1, 0.15) is 29.5 Å². The Balaban J connectivity index is 1.55. The van der Waals surface area contributed by atoms with E-state index < -0.39 is 0 Å². The molecule has 0 saturated heterocycles. The Morgan fingerprint density at radius 1 is 1.36 bits per heavy atom. The first kappa shape index (κ1) is 16.4. The van der Waals surface area contributed by atoms with Gasteiger partial charge in [-0.2, -0.15) is 0 Å². The maximum absolute atomic E-state index is 12.3. The largest absolute Gasteiger partial charge is 0.358 e. The van der Waals surface area contributed by atoms with Crippen molar-refractivity contribution in [2.45, 2.75) is 38.6 Å². The second-order valence-corrected chi connectivity index (χ2v) is 7.68. The van der Waals surface area contributed by atoms with Gasteiger partial charge in [-0.3, -0.25) is 4.79 Å². The highest BCUT2D eigenvalue weighted by Crippen LogP contribution is 2.31. The van der Waals surface area contributed by atoms with E-state index in [2.05, 4.69) is 34.7 Å². The van der Waals surface area contributed by atoms with Crippen molar-refractivity contribution in [2.24, 2.45) is 0 Å². The number of benzene rings is 1. The molecule has 1 aliphatic carbocycles. The molecule has 1 aliphatic rings. The third-order valence-electron chi connectivity index (χ3n) is 4.88. The number of likely N-dealkylation sites (N-methyl/N-ethyl adjacent to an activating group) is 1. The summed E-state index contributed by atoms with van der Waals surface area (Å²) in [5.74, 6) is 0.0386. The Kier molecular flexibility index (Phi) is 4.59. The minimum atomic E-state index is 0.0386. The van der Waals surface area contributed by atoms with Crippen LogP contribution >= 0.6 is 11.3 Å². The highest BCUT2D eigenvalue weighted by molar-refractivity contribution is 7.10. The first-order chi connectivity index (χ1) is 12.2. The number of H-pyrrole nitrogens is 1. The van der Waals surface area contributed by atoms with E-state index in [1.165, 1.54) is 28.6 Å². The van der Waals surface area contributed by atoms with Gasteiger partial charge in [0.1, 0.15) is 0 Å². The lowest BCUT2D eigenvalue weighted by atomic mass is 9.91. The molecule has 25 heavy (non-hydrogen) atoms. The number of aromatic amines is 1. The van der Waals surface area contributed by atoms with Gasteiger partial charge in [-0.05, 0) is 61.0 Å². The van der Waals surface area contributed by atoms with Crippen molar-refractivity contribution in [3.05, 3.63) is 51.8 Å². The van der Waals surface area contributed by atoms with Crippen LogP contribution in [0.5, 0.6) is 0 Å². The third kappa shape index (κ3) is 3.48. The van der Waals surface area contributed by atoms with Crippen molar-refractivity contribution in [1.29, 1.82) is 0 Å². The lowest BCUT2D eigenvalue weighted by Gasteiger charge is -2.23. The van der Waals surface area contributed by atoms with E-state index in [1.807, 2.05) is 23.6 Å². The molecule has 0 aliphatic heterocycles. The second kappa shape index (κ2) is 7.02. The number of nitrogens with one attached hydrogen (secondary N) is 3. The minimum Gasteiger partial charge on any atom is -0.358 e. The molecule has 4 nitrogen and oxygen atoms in total. The smallest absolute Gasteiger partial charge is 0.229 e. The van der Waals surface area contributed by atoms with E-state index in [0.29, 0.717) is 12.5 Å². The van der Waals surface area contributed by atoms with Crippen LogP contribution in [0.3, 0.4) is 0 Å². The Labute approximate surface area is 151 Å². The van der Waals surface area contributed by atoms with Crippen LogP contribution in [0.2, 0.25) is 0 Å². The Morgan fingerprint density at radius 3 is 3.08 bits per heavy atom. The lowest BCUT2D eigenvalue weighted by Crippen LogP contribution is -2.34. The second-order valence-electron chi connectivity index (χ2n) is 6.64. The number of aromatic nitrogens is 1. The number of hydrogen-bond donors (Lipinski definition) is 3. The number of thiophene rings is 1. The normalized spacial score (nSPS) is 16.8. The average Bonchev–Trinajstić information content (AvgIpc) is 3.22. The van der Waals surface area contributed by atoms with Crippen LogP contribution in [0.4, 0.5) is 5.69 Å². The van der Waals surface area contributed by atoms with Gasteiger partial charge in [0.25, 0.3) is 0 Å². The van der Waals surface area contributed by atoms with Crippen LogP contribution in [-0.2, 0) is 24.1 Å². The van der Waals surface area contributed by atoms with Crippen LogP contribution in [0.15, 0.2) is 35.7 Å². The summed E-state index contributed by atoms with van der Waals surface area (Å²) in [5, 5.41) is 9.86. The molecule has 5 heteroatoms. The summed E-state index contributed by atoms with van der Waals surface area (Å²) in [6, 6.07) is 10.7. The molecule has 4 rings (SSSR count). The molecule has 0 fully saturated rings. The van der Waals surface area contributed by atoms with E-state index in [1.54, 1.807) is 11.3 Å². The zero-order valence-corrected chi connectivity index (χ0v) is 15.2. The molecule has 1 atom stereocenters. The molecule has 3 N–H and O–H groups in total. The predicted molar refractivity (Wildman–Crippen MR) is 104 cm³/mol. The fourth-order valence-electron chi connectivity index (χ4n) is 3.73. The summed E-state index contributed by atoms with van der Waals surface area (Å²) in [6.07, 6.45) is 3.75. The summed E-state index contributed by atoms with van der Waals surface area (Å²) in [5.41, 5.74) is 4.80. The van der Waals surface area contributed by atoms with Gasteiger partial charge in [-0.15, -0.1) is 11.3 Å². The highest BCUT2D eigenvalue weighted by Gasteiger charge is 2.22. The van der Waals surface area contributed by atoms with E-state index in [-0.39, 0.29) is 5.91 Å². The zero-order valence-electron chi connectivity index (χ0n) is 14.4. The number of amides is 1. The van der Waals surface area contributed by atoms with Crippen LogP contribution in [0.25, 0.3) is 10.9 Å². The fraction of sp³-hybridized carbons (Fsp3) is 0.350. The van der Waals surface area contributed by atoms with Crippen molar-refractivity contribution < 1.29 is 4.79 Å². The molecular formula is C20H23N3OS.